The lowest BCUT2D eigenvalue weighted by atomic mass is 9.70. The molecule has 1 spiro atoms. The zero-order valence-corrected chi connectivity index (χ0v) is 20.9. The second-order valence-corrected chi connectivity index (χ2v) is 11.7. The number of carbonyl (C=O) groups excluding carboxylic acids is 3. The fraction of sp³-hybridized carbons (Fsp3) is 0.640. The van der Waals surface area contributed by atoms with Gasteiger partial charge in [0, 0.05) is 18.0 Å². The molecule has 1 aromatic carbocycles. The second kappa shape index (κ2) is 8.95. The molecule has 33 heavy (non-hydrogen) atoms. The van der Waals surface area contributed by atoms with Gasteiger partial charge < -0.3 is 20.6 Å². The van der Waals surface area contributed by atoms with Gasteiger partial charge in [0.2, 0.25) is 17.7 Å². The molecular weight excluding hydrogens is 438 g/mol. The highest BCUT2D eigenvalue weighted by atomic mass is 32.2. The number of aryl methyl sites for hydroxylation is 2. The molecule has 6 atom stereocenters. The monoisotopic (exact) mass is 473 g/mol. The van der Waals surface area contributed by atoms with Crippen molar-refractivity contribution in [2.45, 2.75) is 69.0 Å². The van der Waals surface area contributed by atoms with E-state index >= 15 is 0 Å². The van der Waals surface area contributed by atoms with Gasteiger partial charge in [-0.2, -0.15) is 0 Å². The predicted molar refractivity (Wildman–Crippen MR) is 130 cm³/mol. The zero-order valence-electron chi connectivity index (χ0n) is 20.1. The van der Waals surface area contributed by atoms with Gasteiger partial charge in [0.25, 0.3) is 0 Å². The van der Waals surface area contributed by atoms with Crippen molar-refractivity contribution in [3.8, 4) is 0 Å². The average molecular weight is 474 g/mol. The number of aliphatic hydroxyl groups is 1. The Morgan fingerprint density at radius 3 is 2.48 bits per heavy atom. The van der Waals surface area contributed by atoms with Gasteiger partial charge >= 0.3 is 0 Å². The molecule has 3 saturated heterocycles. The molecule has 0 saturated carbocycles. The molecule has 4 rings (SSSR count). The van der Waals surface area contributed by atoms with E-state index in [0.717, 1.165) is 23.2 Å². The summed E-state index contributed by atoms with van der Waals surface area (Å²) in [4.78, 5) is 42.3. The van der Waals surface area contributed by atoms with Gasteiger partial charge in [-0.05, 0) is 50.2 Å². The van der Waals surface area contributed by atoms with Gasteiger partial charge in [-0.15, -0.1) is 11.8 Å². The van der Waals surface area contributed by atoms with Crippen molar-refractivity contribution in [1.82, 2.24) is 10.2 Å². The number of likely N-dealkylation sites (tertiary alicyclic amines) is 1. The van der Waals surface area contributed by atoms with Crippen molar-refractivity contribution >= 4 is 35.2 Å². The van der Waals surface area contributed by atoms with Crippen molar-refractivity contribution in [3.05, 3.63) is 29.3 Å². The second-order valence-electron chi connectivity index (χ2n) is 10.1. The third kappa shape index (κ3) is 3.75. The quantitative estimate of drug-likeness (QED) is 0.565. The van der Waals surface area contributed by atoms with Crippen LogP contribution < -0.4 is 10.6 Å². The summed E-state index contributed by atoms with van der Waals surface area (Å²) in [5.74, 6) is -1.27. The first-order valence-corrected chi connectivity index (χ1v) is 12.7. The Hall–Kier alpha value is -2.06. The van der Waals surface area contributed by atoms with Crippen LogP contribution in [0.25, 0.3) is 0 Å². The molecule has 180 valence electrons. The van der Waals surface area contributed by atoms with Crippen LogP contribution in [0.2, 0.25) is 0 Å². The molecule has 0 aliphatic carbocycles. The van der Waals surface area contributed by atoms with Crippen molar-refractivity contribution in [2.24, 2.45) is 17.8 Å². The van der Waals surface area contributed by atoms with Crippen LogP contribution in [0.4, 0.5) is 5.69 Å². The van der Waals surface area contributed by atoms with Gasteiger partial charge in [0.15, 0.2) is 0 Å². The Kier molecular flexibility index (Phi) is 6.53. The Morgan fingerprint density at radius 2 is 1.91 bits per heavy atom. The molecule has 0 aromatic heterocycles. The third-order valence-corrected chi connectivity index (χ3v) is 9.56. The first-order chi connectivity index (χ1) is 15.7. The van der Waals surface area contributed by atoms with E-state index in [4.69, 9.17) is 0 Å². The highest BCUT2D eigenvalue weighted by molar-refractivity contribution is 8.02. The lowest BCUT2D eigenvalue weighted by molar-refractivity contribution is -0.142. The first-order valence-electron chi connectivity index (χ1n) is 11.9. The summed E-state index contributed by atoms with van der Waals surface area (Å²) < 4.78 is -0.649. The maximum Gasteiger partial charge on any atom is 0.248 e. The smallest absolute Gasteiger partial charge is 0.248 e. The van der Waals surface area contributed by atoms with Gasteiger partial charge in [0.1, 0.15) is 6.04 Å². The van der Waals surface area contributed by atoms with Crippen LogP contribution in [-0.2, 0) is 14.4 Å². The maximum absolute atomic E-state index is 14.0. The van der Waals surface area contributed by atoms with E-state index in [0.29, 0.717) is 12.8 Å². The molecule has 3 N–H and O–H groups in total. The van der Waals surface area contributed by atoms with E-state index in [2.05, 4.69) is 10.6 Å². The van der Waals surface area contributed by atoms with Gasteiger partial charge in [0.05, 0.1) is 29.2 Å². The van der Waals surface area contributed by atoms with Crippen LogP contribution >= 0.6 is 11.8 Å². The van der Waals surface area contributed by atoms with E-state index in [-0.39, 0.29) is 35.5 Å². The highest BCUT2D eigenvalue weighted by Crippen LogP contribution is 2.66. The third-order valence-electron chi connectivity index (χ3n) is 7.61. The minimum absolute atomic E-state index is 0.0363. The maximum atomic E-state index is 14.0. The number of thioether (sulfide) groups is 1. The zero-order chi connectivity index (χ0) is 24.1. The van der Waals surface area contributed by atoms with Crippen LogP contribution in [-0.4, -0.2) is 63.5 Å². The largest absolute Gasteiger partial charge is 0.394 e. The van der Waals surface area contributed by atoms with Crippen molar-refractivity contribution in [1.29, 1.82) is 0 Å². The standard InChI is InChI=1S/C25H35N3O4S/c1-13(2)11-16(12-29)28-21(23(31)27-20-14(3)7-6-8-15(20)4)25-10-9-17(33-25)18(22(30)26-5)19(25)24(28)32/h6-8,13,16-19,21,29H,9-12H2,1-5H3,(H,26,30)(H,27,31)/t16-,17-,18+,19+,21?,25?/m1/s1. The summed E-state index contributed by atoms with van der Waals surface area (Å²) >= 11 is 1.65. The molecule has 0 radical (unpaired) electrons. The number of amides is 3. The summed E-state index contributed by atoms with van der Waals surface area (Å²) in [6.45, 7) is 7.78. The average Bonchev–Trinajstić information content (AvgIpc) is 3.41. The Bertz CT molecular complexity index is 947. The molecule has 3 amide bonds. The lowest BCUT2D eigenvalue weighted by Crippen LogP contribution is -2.55. The van der Waals surface area contributed by atoms with Crippen LogP contribution in [0, 0.1) is 31.6 Å². The number of rotatable bonds is 7. The van der Waals surface area contributed by atoms with Crippen molar-refractivity contribution < 1.29 is 19.5 Å². The number of carbonyl (C=O) groups is 3. The van der Waals surface area contributed by atoms with E-state index < -0.39 is 28.7 Å². The number of nitrogens with one attached hydrogen (secondary N) is 2. The van der Waals surface area contributed by atoms with Crippen LogP contribution in [0.1, 0.15) is 44.2 Å². The summed E-state index contributed by atoms with van der Waals surface area (Å²) in [7, 11) is 1.60. The molecular formula is C25H35N3O4S. The number of aliphatic hydroxyl groups excluding tert-OH is 1. The number of nitrogens with zero attached hydrogens (tertiary/aromatic N) is 1. The number of hydrogen-bond acceptors (Lipinski definition) is 5. The molecule has 3 heterocycles. The number of anilines is 1. The molecule has 1 aromatic rings. The number of fused-ring (bicyclic) bond motifs is 1. The predicted octanol–water partition coefficient (Wildman–Crippen LogP) is 2.49. The summed E-state index contributed by atoms with van der Waals surface area (Å²) in [5, 5.41) is 16.2. The molecule has 3 aliphatic heterocycles. The summed E-state index contributed by atoms with van der Waals surface area (Å²) in [6, 6.07) is 4.67. The molecule has 8 heteroatoms. The minimum Gasteiger partial charge on any atom is -0.394 e. The number of benzene rings is 1. The summed E-state index contributed by atoms with van der Waals surface area (Å²) in [5.41, 5.74) is 2.68. The van der Waals surface area contributed by atoms with Crippen LogP contribution in [0.15, 0.2) is 18.2 Å². The Balaban J connectivity index is 1.78. The van der Waals surface area contributed by atoms with Gasteiger partial charge in [-0.3, -0.25) is 14.4 Å². The molecule has 3 fully saturated rings. The SMILES string of the molecule is CNC(=O)[C@@H]1[C@H]2C(=O)N([C@@H](CO)CC(C)C)C(C(=O)Nc3c(C)cccc3C)C23CC[C@H]1S3. The van der Waals surface area contributed by atoms with Gasteiger partial charge in [-0.1, -0.05) is 32.0 Å². The van der Waals surface area contributed by atoms with E-state index in [9.17, 15) is 19.5 Å². The van der Waals surface area contributed by atoms with Crippen LogP contribution in [0.3, 0.4) is 0 Å². The Morgan fingerprint density at radius 1 is 1.24 bits per heavy atom. The first kappa shape index (κ1) is 24.1. The number of hydrogen-bond donors (Lipinski definition) is 3. The molecule has 2 bridgehead atoms. The van der Waals surface area contributed by atoms with E-state index in [1.807, 2.05) is 45.9 Å². The molecule has 3 aliphatic rings. The minimum atomic E-state index is -0.727. The van der Waals surface area contributed by atoms with Crippen LogP contribution in [0.5, 0.6) is 0 Å². The van der Waals surface area contributed by atoms with Crippen molar-refractivity contribution in [2.75, 3.05) is 19.0 Å². The fourth-order valence-electron chi connectivity index (χ4n) is 6.27. The normalized spacial score (nSPS) is 31.1. The Labute approximate surface area is 200 Å². The lowest BCUT2D eigenvalue weighted by Gasteiger charge is -2.37. The van der Waals surface area contributed by atoms with E-state index in [1.165, 1.54) is 0 Å². The highest BCUT2D eigenvalue weighted by Gasteiger charge is 2.74. The van der Waals surface area contributed by atoms with Crippen molar-refractivity contribution in [3.63, 3.8) is 0 Å². The number of para-hydroxylation sites is 1. The fourth-order valence-corrected chi connectivity index (χ4v) is 8.48. The topological polar surface area (TPSA) is 98.7 Å². The van der Waals surface area contributed by atoms with Gasteiger partial charge in [-0.25, -0.2) is 0 Å². The van der Waals surface area contributed by atoms with E-state index in [1.54, 1.807) is 23.7 Å². The molecule has 7 nitrogen and oxygen atoms in total. The molecule has 2 unspecified atom stereocenters. The summed E-state index contributed by atoms with van der Waals surface area (Å²) in [6.07, 6.45) is 2.12.